The molecule has 4 aliphatic carbocycles. The summed E-state index contributed by atoms with van der Waals surface area (Å²) in [5.74, 6) is 1.28. The van der Waals surface area contributed by atoms with Gasteiger partial charge in [-0.15, -0.1) is 0 Å². The number of aliphatic hydroxyl groups excluding tert-OH is 1. The molecule has 0 bridgehead atoms. The number of ether oxygens (including phenoxy) is 1. The van der Waals surface area contributed by atoms with Crippen LogP contribution in [0.3, 0.4) is 0 Å². The summed E-state index contributed by atoms with van der Waals surface area (Å²) in [6, 6.07) is 0. The first-order valence-corrected chi connectivity index (χ1v) is 11.7. The topological polar surface area (TPSA) is 63.6 Å². The van der Waals surface area contributed by atoms with Gasteiger partial charge >= 0.3 is 5.97 Å². The summed E-state index contributed by atoms with van der Waals surface area (Å²) in [5.41, 5.74) is 0.583. The van der Waals surface area contributed by atoms with Gasteiger partial charge in [0.25, 0.3) is 0 Å². The fourth-order valence-corrected chi connectivity index (χ4v) is 8.81. The van der Waals surface area contributed by atoms with Crippen LogP contribution in [-0.2, 0) is 14.3 Å². The van der Waals surface area contributed by atoms with Gasteiger partial charge in [-0.3, -0.25) is 9.59 Å². The Morgan fingerprint density at radius 3 is 2.50 bits per heavy atom. The molecule has 0 aromatic heterocycles. The second-order valence-electron chi connectivity index (χ2n) is 12.0. The molecule has 4 heteroatoms. The first-order chi connectivity index (χ1) is 14.0. The van der Waals surface area contributed by atoms with Gasteiger partial charge in [0.15, 0.2) is 5.78 Å². The Morgan fingerprint density at radius 1 is 1.10 bits per heavy atom. The third kappa shape index (κ3) is 2.32. The van der Waals surface area contributed by atoms with Gasteiger partial charge in [0, 0.05) is 16.7 Å². The van der Waals surface area contributed by atoms with E-state index in [0.29, 0.717) is 31.3 Å². The summed E-state index contributed by atoms with van der Waals surface area (Å²) >= 11 is 0. The van der Waals surface area contributed by atoms with Crippen molar-refractivity contribution in [3.05, 3.63) is 23.8 Å². The third-order valence-electron chi connectivity index (χ3n) is 10.5. The number of carbonyl (C=O) groups excluding carboxylic acids is 2. The second kappa shape index (κ2) is 6.09. The molecular formula is C26H36O4. The number of fused-ring (bicyclic) bond motifs is 5. The van der Waals surface area contributed by atoms with Crippen LogP contribution in [0.25, 0.3) is 0 Å². The summed E-state index contributed by atoms with van der Waals surface area (Å²) in [6.07, 6.45) is 10.2. The molecule has 5 rings (SSSR count). The summed E-state index contributed by atoms with van der Waals surface area (Å²) in [6.45, 7) is 11.6. The fraction of sp³-hybridized carbons (Fsp3) is 0.769. The van der Waals surface area contributed by atoms with E-state index in [1.807, 2.05) is 6.08 Å². The molecule has 0 aromatic carbocycles. The highest BCUT2D eigenvalue weighted by molar-refractivity contribution is 5.95. The van der Waals surface area contributed by atoms with Crippen LogP contribution in [-0.4, -0.2) is 29.6 Å². The van der Waals surface area contributed by atoms with Crippen LogP contribution in [0.15, 0.2) is 23.8 Å². The number of cyclic esters (lactones) is 1. The van der Waals surface area contributed by atoms with Gasteiger partial charge in [-0.1, -0.05) is 52.3 Å². The number of esters is 1. The molecule has 3 fully saturated rings. The highest BCUT2D eigenvalue weighted by Gasteiger charge is 2.67. The van der Waals surface area contributed by atoms with E-state index in [4.69, 9.17) is 4.74 Å². The van der Waals surface area contributed by atoms with E-state index >= 15 is 0 Å². The number of ketones is 1. The van der Waals surface area contributed by atoms with Crippen molar-refractivity contribution in [2.45, 2.75) is 72.8 Å². The molecule has 4 nitrogen and oxygen atoms in total. The number of hydrogen-bond donors (Lipinski definition) is 1. The van der Waals surface area contributed by atoms with Gasteiger partial charge in [-0.05, 0) is 60.3 Å². The molecule has 0 aromatic rings. The lowest BCUT2D eigenvalue weighted by atomic mass is 9.38. The largest absolute Gasteiger partial charge is 0.465 e. The molecule has 2 unspecified atom stereocenters. The number of carbonyl (C=O) groups is 2. The van der Waals surface area contributed by atoms with E-state index < -0.39 is 11.5 Å². The van der Waals surface area contributed by atoms with Gasteiger partial charge in [0.05, 0.1) is 19.1 Å². The van der Waals surface area contributed by atoms with Crippen molar-refractivity contribution >= 4 is 11.8 Å². The fourth-order valence-electron chi connectivity index (χ4n) is 8.81. The molecular weight excluding hydrogens is 376 g/mol. The van der Waals surface area contributed by atoms with Crippen molar-refractivity contribution in [1.29, 1.82) is 0 Å². The average Bonchev–Trinajstić information content (AvgIpc) is 3.25. The molecule has 1 N–H and O–H groups in total. The SMILES string of the molecule is CC1(C)C(=O)C=C[C@@]2(C)C1C[C@@H](O)[C@@]1(C)C3=CC[C@@H](C4COC(=O)C4)[C@]3(C)CC[C@@H]12. The maximum absolute atomic E-state index is 12.7. The minimum Gasteiger partial charge on any atom is -0.465 e. The van der Waals surface area contributed by atoms with Crippen LogP contribution in [0.5, 0.6) is 0 Å². The van der Waals surface area contributed by atoms with Gasteiger partial charge in [-0.25, -0.2) is 0 Å². The predicted octanol–water partition coefficient (Wildman–Crippen LogP) is 4.47. The van der Waals surface area contributed by atoms with Crippen LogP contribution in [0.1, 0.15) is 66.7 Å². The van der Waals surface area contributed by atoms with E-state index in [-0.39, 0.29) is 39.8 Å². The molecule has 5 aliphatic rings. The Hall–Kier alpha value is -1.42. The molecule has 2 saturated carbocycles. The Bertz CT molecular complexity index is 868. The lowest BCUT2D eigenvalue weighted by Gasteiger charge is -2.66. The Labute approximate surface area is 180 Å². The zero-order valence-electron chi connectivity index (χ0n) is 19.0. The summed E-state index contributed by atoms with van der Waals surface area (Å²) in [4.78, 5) is 24.5. The van der Waals surface area contributed by atoms with Crippen LogP contribution >= 0.6 is 0 Å². The molecule has 0 amide bonds. The van der Waals surface area contributed by atoms with Crippen molar-refractivity contribution in [3.8, 4) is 0 Å². The van der Waals surface area contributed by atoms with Crippen molar-refractivity contribution in [2.24, 2.45) is 45.3 Å². The first kappa shape index (κ1) is 20.5. The van der Waals surface area contributed by atoms with E-state index in [1.165, 1.54) is 5.57 Å². The molecule has 0 radical (unpaired) electrons. The van der Waals surface area contributed by atoms with Crippen molar-refractivity contribution in [1.82, 2.24) is 0 Å². The monoisotopic (exact) mass is 412 g/mol. The first-order valence-electron chi connectivity index (χ1n) is 11.7. The Morgan fingerprint density at radius 2 is 1.83 bits per heavy atom. The van der Waals surface area contributed by atoms with Crippen molar-refractivity contribution in [3.63, 3.8) is 0 Å². The van der Waals surface area contributed by atoms with Crippen LogP contribution in [0, 0.1) is 45.3 Å². The lowest BCUT2D eigenvalue weighted by molar-refractivity contribution is -0.165. The third-order valence-corrected chi connectivity index (χ3v) is 10.5. The zero-order chi connectivity index (χ0) is 21.7. The number of aliphatic hydroxyl groups is 1. The zero-order valence-corrected chi connectivity index (χ0v) is 19.0. The van der Waals surface area contributed by atoms with Crippen LogP contribution in [0.2, 0.25) is 0 Å². The highest BCUT2D eigenvalue weighted by atomic mass is 16.5. The van der Waals surface area contributed by atoms with E-state index in [9.17, 15) is 14.7 Å². The highest BCUT2D eigenvalue weighted by Crippen LogP contribution is 2.72. The van der Waals surface area contributed by atoms with Gasteiger partial charge in [0.2, 0.25) is 0 Å². The maximum atomic E-state index is 12.7. The smallest absolute Gasteiger partial charge is 0.306 e. The van der Waals surface area contributed by atoms with Crippen molar-refractivity contribution in [2.75, 3.05) is 6.61 Å². The molecule has 30 heavy (non-hydrogen) atoms. The molecule has 1 saturated heterocycles. The molecule has 8 atom stereocenters. The minimum atomic E-state index is -0.453. The summed E-state index contributed by atoms with van der Waals surface area (Å²) < 4.78 is 5.32. The van der Waals surface area contributed by atoms with E-state index in [1.54, 1.807) is 0 Å². The molecule has 164 valence electrons. The second-order valence-corrected chi connectivity index (χ2v) is 12.0. The van der Waals surface area contributed by atoms with E-state index in [2.05, 4.69) is 46.8 Å². The molecule has 0 spiro atoms. The summed E-state index contributed by atoms with van der Waals surface area (Å²) in [5, 5.41) is 11.6. The predicted molar refractivity (Wildman–Crippen MR) is 114 cm³/mol. The number of hydrogen-bond acceptors (Lipinski definition) is 4. The molecule has 1 heterocycles. The van der Waals surface area contributed by atoms with E-state index in [0.717, 1.165) is 19.3 Å². The Balaban J connectivity index is 1.55. The summed E-state index contributed by atoms with van der Waals surface area (Å²) in [7, 11) is 0. The maximum Gasteiger partial charge on any atom is 0.306 e. The minimum absolute atomic E-state index is 0.0117. The standard InChI is InChI=1S/C26H36O4/c1-23(2)19-13-21(28)26(5)17-7-6-16(15-12-22(29)30-14-15)24(17,3)10-8-18(26)25(19,4)11-9-20(23)27/h7,9,11,15-16,18-19,21,28H,6,8,10,12-14H2,1-5H3/t15?,16-,18+,19?,21+,24-,25+,26-/m0/s1. The van der Waals surface area contributed by atoms with Gasteiger partial charge < -0.3 is 9.84 Å². The van der Waals surface area contributed by atoms with Gasteiger partial charge in [0.1, 0.15) is 0 Å². The van der Waals surface area contributed by atoms with Crippen LogP contribution in [0.4, 0.5) is 0 Å². The van der Waals surface area contributed by atoms with Crippen molar-refractivity contribution < 1.29 is 19.4 Å². The number of allylic oxidation sites excluding steroid dienone is 3. The Kier molecular flexibility index (Phi) is 4.16. The quantitative estimate of drug-likeness (QED) is 0.510. The number of rotatable bonds is 1. The molecule has 1 aliphatic heterocycles. The lowest BCUT2D eigenvalue weighted by Crippen LogP contribution is -2.63. The normalized spacial score (nSPS) is 51.7. The van der Waals surface area contributed by atoms with Crippen LogP contribution < -0.4 is 0 Å². The average molecular weight is 413 g/mol. The van der Waals surface area contributed by atoms with Gasteiger partial charge in [-0.2, -0.15) is 0 Å².